The summed E-state index contributed by atoms with van der Waals surface area (Å²) in [5, 5.41) is 0. The van der Waals surface area contributed by atoms with Gasteiger partial charge in [-0.05, 0) is 56.0 Å². The Morgan fingerprint density at radius 2 is 1.82 bits per heavy atom. The summed E-state index contributed by atoms with van der Waals surface area (Å²) in [6.45, 7) is 12.0. The van der Waals surface area contributed by atoms with Gasteiger partial charge in [-0.1, -0.05) is 49.4 Å². The van der Waals surface area contributed by atoms with Crippen LogP contribution in [-0.2, 0) is 9.53 Å². The lowest BCUT2D eigenvalue weighted by atomic mass is 9.93. The molecule has 0 fully saturated rings. The van der Waals surface area contributed by atoms with Gasteiger partial charge in [0.2, 0.25) is 0 Å². The molecule has 0 spiro atoms. The van der Waals surface area contributed by atoms with Crippen LogP contribution in [0.1, 0.15) is 63.3 Å². The number of ether oxygens (including phenoxy) is 2. The average molecular weight is 534 g/mol. The van der Waals surface area contributed by atoms with E-state index in [1.54, 1.807) is 18.6 Å². The molecule has 4 rings (SSSR count). The maximum atomic E-state index is 13.9. The first-order valence-electron chi connectivity index (χ1n) is 12.9. The Morgan fingerprint density at radius 3 is 2.39 bits per heavy atom. The fourth-order valence-electron chi connectivity index (χ4n) is 4.82. The van der Waals surface area contributed by atoms with Crippen molar-refractivity contribution in [1.29, 1.82) is 0 Å². The molecule has 38 heavy (non-hydrogen) atoms. The Morgan fingerprint density at radius 1 is 1.13 bits per heavy atom. The number of hydrogen-bond donors (Lipinski definition) is 0. The quantitative estimate of drug-likeness (QED) is 0.402. The van der Waals surface area contributed by atoms with E-state index >= 15 is 0 Å². The molecule has 7 nitrogen and oxygen atoms in total. The SMILES string of the molecule is CCN(CC)c1ccc(/C=c2\sc3n(c2=O)C(c2ccc(C(C)C)cc2)C(C(=O)OC)=C(C)N=3)c(OC)c1. The molecule has 0 saturated carbocycles. The predicted octanol–water partition coefficient (Wildman–Crippen LogP) is 4.39. The van der Waals surface area contributed by atoms with Gasteiger partial charge in [0.15, 0.2) is 4.80 Å². The molecule has 0 bridgehead atoms. The number of benzene rings is 2. The second kappa shape index (κ2) is 11.4. The van der Waals surface area contributed by atoms with E-state index in [1.165, 1.54) is 24.0 Å². The van der Waals surface area contributed by atoms with Crippen LogP contribution in [0, 0.1) is 0 Å². The number of aromatic nitrogens is 1. The number of carbonyl (C=O) groups is 1. The molecule has 2 heterocycles. The second-order valence-corrected chi connectivity index (χ2v) is 10.5. The normalized spacial score (nSPS) is 15.4. The summed E-state index contributed by atoms with van der Waals surface area (Å²) < 4.78 is 12.9. The van der Waals surface area contributed by atoms with Gasteiger partial charge in [-0.15, -0.1) is 0 Å². The van der Waals surface area contributed by atoms with Crippen molar-refractivity contribution in [2.24, 2.45) is 4.99 Å². The van der Waals surface area contributed by atoms with Crippen LogP contribution in [0.25, 0.3) is 6.08 Å². The van der Waals surface area contributed by atoms with Gasteiger partial charge in [0, 0.05) is 30.4 Å². The standard InChI is InChI=1S/C30H35N3O4S/c1-8-32(9-2)23-15-14-22(24(17-23)36-6)16-25-28(34)33-27(21-12-10-20(11-13-21)18(3)4)26(29(35)37-7)19(5)31-30(33)38-25/h10-18,27H,8-9H2,1-7H3/b25-16-. The van der Waals surface area contributed by atoms with Crippen molar-refractivity contribution in [3.8, 4) is 5.75 Å². The molecule has 2 aromatic carbocycles. The Kier molecular flexibility index (Phi) is 8.21. The summed E-state index contributed by atoms with van der Waals surface area (Å²) >= 11 is 1.30. The highest BCUT2D eigenvalue weighted by molar-refractivity contribution is 7.07. The van der Waals surface area contributed by atoms with Gasteiger partial charge in [-0.3, -0.25) is 9.36 Å². The van der Waals surface area contributed by atoms with Crippen molar-refractivity contribution in [2.75, 3.05) is 32.2 Å². The first-order valence-corrected chi connectivity index (χ1v) is 13.7. The van der Waals surface area contributed by atoms with Crippen molar-refractivity contribution in [2.45, 2.75) is 46.6 Å². The highest BCUT2D eigenvalue weighted by atomic mass is 32.1. The molecule has 0 amide bonds. The van der Waals surface area contributed by atoms with Gasteiger partial charge < -0.3 is 14.4 Å². The van der Waals surface area contributed by atoms with E-state index in [9.17, 15) is 9.59 Å². The van der Waals surface area contributed by atoms with Crippen LogP contribution in [0.5, 0.6) is 5.75 Å². The maximum absolute atomic E-state index is 13.9. The molecule has 0 aliphatic carbocycles. The molecule has 1 unspecified atom stereocenters. The monoisotopic (exact) mass is 533 g/mol. The summed E-state index contributed by atoms with van der Waals surface area (Å²) in [6.07, 6.45) is 1.84. The van der Waals surface area contributed by atoms with Crippen LogP contribution in [0.4, 0.5) is 5.69 Å². The van der Waals surface area contributed by atoms with E-state index < -0.39 is 12.0 Å². The summed E-state index contributed by atoms with van der Waals surface area (Å²) in [6, 6.07) is 13.4. The molecule has 0 N–H and O–H groups in total. The van der Waals surface area contributed by atoms with Gasteiger partial charge in [-0.2, -0.15) is 0 Å². The minimum atomic E-state index is -0.631. The molecule has 8 heteroatoms. The van der Waals surface area contributed by atoms with Crippen LogP contribution in [0.15, 0.2) is 63.5 Å². The van der Waals surface area contributed by atoms with Gasteiger partial charge in [-0.25, -0.2) is 9.79 Å². The topological polar surface area (TPSA) is 73.1 Å². The first kappa shape index (κ1) is 27.4. The number of fused-ring (bicyclic) bond motifs is 1. The Bertz CT molecular complexity index is 1540. The lowest BCUT2D eigenvalue weighted by Gasteiger charge is -2.24. The zero-order valence-corrected chi connectivity index (χ0v) is 23.9. The van der Waals surface area contributed by atoms with Gasteiger partial charge in [0.25, 0.3) is 5.56 Å². The summed E-state index contributed by atoms with van der Waals surface area (Å²) in [4.78, 5) is 34.2. The molecule has 0 radical (unpaired) electrons. The van der Waals surface area contributed by atoms with Crippen molar-refractivity contribution in [3.05, 3.63) is 90.1 Å². The number of thiazole rings is 1. The third-order valence-corrected chi connectivity index (χ3v) is 7.96. The van der Waals surface area contributed by atoms with Crippen molar-refractivity contribution >= 4 is 29.1 Å². The Labute approximate surface area is 227 Å². The van der Waals surface area contributed by atoms with E-state index in [4.69, 9.17) is 9.47 Å². The number of anilines is 1. The number of methoxy groups -OCH3 is 2. The van der Waals surface area contributed by atoms with Crippen LogP contribution in [0.3, 0.4) is 0 Å². The fraction of sp³-hybridized carbons (Fsp3) is 0.367. The number of rotatable bonds is 8. The summed E-state index contributed by atoms with van der Waals surface area (Å²) in [5.41, 5.74) is 4.58. The van der Waals surface area contributed by atoms with Gasteiger partial charge >= 0.3 is 5.97 Å². The molecule has 3 aromatic rings. The highest BCUT2D eigenvalue weighted by Gasteiger charge is 2.33. The van der Waals surface area contributed by atoms with E-state index in [1.807, 2.05) is 48.5 Å². The third kappa shape index (κ3) is 5.05. The van der Waals surface area contributed by atoms with Crippen LogP contribution in [-0.4, -0.2) is 37.8 Å². The first-order chi connectivity index (χ1) is 18.2. The minimum Gasteiger partial charge on any atom is -0.496 e. The molecule has 200 valence electrons. The molecule has 1 aromatic heterocycles. The molecule has 0 saturated heterocycles. The zero-order chi connectivity index (χ0) is 27.6. The lowest BCUT2D eigenvalue weighted by Crippen LogP contribution is -2.39. The summed E-state index contributed by atoms with van der Waals surface area (Å²) in [5.74, 6) is 0.561. The van der Waals surface area contributed by atoms with E-state index in [2.05, 4.69) is 37.6 Å². The van der Waals surface area contributed by atoms with E-state index in [-0.39, 0.29) is 5.56 Å². The predicted molar refractivity (Wildman–Crippen MR) is 153 cm³/mol. The number of allylic oxidation sites excluding steroid dienone is 1. The smallest absolute Gasteiger partial charge is 0.338 e. The Balaban J connectivity index is 1.90. The molecular weight excluding hydrogens is 498 g/mol. The highest BCUT2D eigenvalue weighted by Crippen LogP contribution is 2.31. The second-order valence-electron chi connectivity index (χ2n) is 9.49. The summed E-state index contributed by atoms with van der Waals surface area (Å²) in [7, 11) is 2.98. The molecule has 1 aliphatic rings. The van der Waals surface area contributed by atoms with Crippen LogP contribution >= 0.6 is 11.3 Å². The number of carbonyl (C=O) groups excluding carboxylic acids is 1. The molecular formula is C30H35N3O4S. The van der Waals surface area contributed by atoms with Crippen molar-refractivity contribution in [1.82, 2.24) is 4.57 Å². The number of esters is 1. The van der Waals surface area contributed by atoms with Gasteiger partial charge in [0.05, 0.1) is 36.1 Å². The van der Waals surface area contributed by atoms with E-state index in [0.717, 1.165) is 29.9 Å². The Hall–Kier alpha value is -3.65. The molecule has 1 atom stereocenters. The van der Waals surface area contributed by atoms with Crippen molar-refractivity contribution < 1.29 is 14.3 Å². The largest absolute Gasteiger partial charge is 0.496 e. The minimum absolute atomic E-state index is 0.213. The fourth-order valence-corrected chi connectivity index (χ4v) is 5.85. The lowest BCUT2D eigenvalue weighted by molar-refractivity contribution is -0.136. The van der Waals surface area contributed by atoms with Crippen LogP contribution < -0.4 is 24.5 Å². The average Bonchev–Trinajstić information content (AvgIpc) is 3.22. The molecule has 1 aliphatic heterocycles. The van der Waals surface area contributed by atoms with E-state index in [0.29, 0.717) is 32.3 Å². The maximum Gasteiger partial charge on any atom is 0.338 e. The zero-order valence-electron chi connectivity index (χ0n) is 23.1. The third-order valence-electron chi connectivity index (χ3n) is 6.98. The van der Waals surface area contributed by atoms with Crippen LogP contribution in [0.2, 0.25) is 0 Å². The van der Waals surface area contributed by atoms with Gasteiger partial charge in [0.1, 0.15) is 5.75 Å². The number of nitrogens with zero attached hydrogens (tertiary/aromatic N) is 3. The van der Waals surface area contributed by atoms with Crippen molar-refractivity contribution in [3.63, 3.8) is 0 Å². The number of hydrogen-bond acceptors (Lipinski definition) is 7.